The van der Waals surface area contributed by atoms with Gasteiger partial charge in [-0.2, -0.15) is 15.3 Å². The Bertz CT molecular complexity index is 1320. The van der Waals surface area contributed by atoms with Crippen LogP contribution in [-0.2, 0) is 0 Å². The van der Waals surface area contributed by atoms with Crippen molar-refractivity contribution < 1.29 is 0 Å². The number of piperidine rings is 3. The Morgan fingerprint density at radius 2 is 1.88 bits per heavy atom. The third kappa shape index (κ3) is 6.16. The maximum Gasteiger partial charge on any atom is 0.225 e. The van der Waals surface area contributed by atoms with Gasteiger partial charge in [0.05, 0.1) is 11.6 Å². The molecule has 1 aromatic carbocycles. The molecule has 4 N–H and O–H groups in total. The van der Waals surface area contributed by atoms with E-state index in [4.69, 9.17) is 15.2 Å². The first kappa shape index (κ1) is 26.8. The molecule has 2 bridgehead atoms. The third-order valence-corrected chi connectivity index (χ3v) is 9.02. The van der Waals surface area contributed by atoms with Gasteiger partial charge in [-0.25, -0.2) is 4.98 Å². The van der Waals surface area contributed by atoms with Gasteiger partial charge in [0.25, 0.3) is 0 Å². The summed E-state index contributed by atoms with van der Waals surface area (Å²) in [5.74, 6) is 2.86. The zero-order chi connectivity index (χ0) is 27.5. The zero-order valence-electron chi connectivity index (χ0n) is 23.8. The SMILES string of the molecule is Cc1cc(Nc2nc(NC3C[C@H]4CCC[C@@H](C3)N4CCC#N)nc3cc(NCC4CCN(C)CC4)ccc23)n[nH]1. The molecule has 5 heterocycles. The van der Waals surface area contributed by atoms with Crippen molar-refractivity contribution in [2.75, 3.05) is 49.2 Å². The van der Waals surface area contributed by atoms with E-state index in [-0.39, 0.29) is 0 Å². The summed E-state index contributed by atoms with van der Waals surface area (Å²) in [6.45, 7) is 6.21. The monoisotopic (exact) mass is 542 g/mol. The largest absolute Gasteiger partial charge is 0.385 e. The van der Waals surface area contributed by atoms with Gasteiger partial charge in [-0.3, -0.25) is 10.00 Å². The van der Waals surface area contributed by atoms with Gasteiger partial charge < -0.3 is 20.9 Å². The van der Waals surface area contributed by atoms with Gasteiger partial charge in [-0.05, 0) is 89.7 Å². The molecule has 0 amide bonds. The topological polar surface area (TPSA) is 121 Å². The maximum atomic E-state index is 9.13. The van der Waals surface area contributed by atoms with Crippen molar-refractivity contribution in [3.05, 3.63) is 30.0 Å². The van der Waals surface area contributed by atoms with Crippen LogP contribution < -0.4 is 16.0 Å². The number of aromatic amines is 1. The molecule has 212 valence electrons. The van der Waals surface area contributed by atoms with E-state index >= 15 is 0 Å². The Hall–Kier alpha value is -3.42. The standard InChI is InChI=1S/C30H42N10/c1-20-15-28(38-37-20)35-29-26-8-7-22(32-19-21-9-13-39(2)14-10-21)18-27(26)34-30(36-29)33-23-16-24-5-3-6-25(17-23)40(24)12-4-11-31/h7-8,15,18,21,23-25,32H,3-6,9-10,12-14,16-17,19H2,1-2H3,(H3,33,34,35,36,37,38)/t23?,24-,25+. The van der Waals surface area contributed by atoms with E-state index in [2.05, 4.69) is 67.3 Å². The molecule has 3 aliphatic rings. The quantitative estimate of drug-likeness (QED) is 0.300. The summed E-state index contributed by atoms with van der Waals surface area (Å²) in [5.41, 5.74) is 3.00. The lowest BCUT2D eigenvalue weighted by atomic mass is 9.81. The molecule has 0 radical (unpaired) electrons. The van der Waals surface area contributed by atoms with E-state index < -0.39 is 0 Å². The predicted octanol–water partition coefficient (Wildman–Crippen LogP) is 4.87. The summed E-state index contributed by atoms with van der Waals surface area (Å²) in [6, 6.07) is 12.1. The molecule has 0 saturated carbocycles. The van der Waals surface area contributed by atoms with Gasteiger partial charge in [-0.15, -0.1) is 0 Å². The second-order valence-corrected chi connectivity index (χ2v) is 12.0. The van der Waals surface area contributed by atoms with Gasteiger partial charge in [0, 0.05) is 60.5 Å². The van der Waals surface area contributed by atoms with E-state index in [1.54, 1.807) is 0 Å². The number of fused-ring (bicyclic) bond motifs is 3. The number of nitriles is 1. The summed E-state index contributed by atoms with van der Waals surface area (Å²) in [5, 5.41) is 28.3. The molecule has 10 heteroatoms. The average molecular weight is 543 g/mol. The molecule has 1 unspecified atom stereocenters. The van der Waals surface area contributed by atoms with Crippen molar-refractivity contribution in [2.45, 2.75) is 76.4 Å². The second kappa shape index (κ2) is 12.0. The summed E-state index contributed by atoms with van der Waals surface area (Å²) in [6.07, 6.45) is 8.89. The number of aromatic nitrogens is 4. The number of benzene rings is 1. The maximum absolute atomic E-state index is 9.13. The summed E-state index contributed by atoms with van der Waals surface area (Å²) < 4.78 is 0. The van der Waals surface area contributed by atoms with Crippen LogP contribution >= 0.6 is 0 Å². The molecule has 2 aromatic heterocycles. The fourth-order valence-electron chi connectivity index (χ4n) is 6.85. The fraction of sp³-hybridized carbons (Fsp3) is 0.600. The molecule has 3 fully saturated rings. The van der Waals surface area contributed by atoms with Crippen LogP contribution in [0.3, 0.4) is 0 Å². The van der Waals surface area contributed by atoms with Gasteiger partial charge in [0.1, 0.15) is 5.82 Å². The average Bonchev–Trinajstić information content (AvgIpc) is 3.35. The fourth-order valence-corrected chi connectivity index (χ4v) is 6.85. The Labute approximate surface area is 236 Å². The van der Waals surface area contributed by atoms with Crippen LogP contribution in [0.25, 0.3) is 10.9 Å². The number of hydrogen-bond donors (Lipinski definition) is 4. The first-order valence-electron chi connectivity index (χ1n) is 15.0. The van der Waals surface area contributed by atoms with E-state index in [9.17, 15) is 0 Å². The van der Waals surface area contributed by atoms with Crippen LogP contribution in [-0.4, -0.2) is 81.3 Å². The smallest absolute Gasteiger partial charge is 0.225 e. The molecule has 3 aliphatic heterocycles. The van der Waals surface area contributed by atoms with Crippen molar-refractivity contribution in [1.29, 1.82) is 5.26 Å². The lowest BCUT2D eigenvalue weighted by Gasteiger charge is -2.48. The van der Waals surface area contributed by atoms with E-state index in [1.807, 2.05) is 13.0 Å². The summed E-state index contributed by atoms with van der Waals surface area (Å²) >= 11 is 0. The van der Waals surface area contributed by atoms with Crippen molar-refractivity contribution in [3.63, 3.8) is 0 Å². The minimum atomic E-state index is 0.317. The minimum absolute atomic E-state index is 0.317. The van der Waals surface area contributed by atoms with E-state index in [1.165, 1.54) is 45.2 Å². The number of nitrogens with zero attached hydrogens (tertiary/aromatic N) is 6. The number of anilines is 4. The Morgan fingerprint density at radius 3 is 2.60 bits per heavy atom. The van der Waals surface area contributed by atoms with Crippen molar-refractivity contribution >= 4 is 34.2 Å². The van der Waals surface area contributed by atoms with Crippen LogP contribution in [0, 0.1) is 24.2 Å². The predicted molar refractivity (Wildman–Crippen MR) is 160 cm³/mol. The van der Waals surface area contributed by atoms with Crippen LogP contribution in [0.4, 0.5) is 23.3 Å². The van der Waals surface area contributed by atoms with Crippen LogP contribution in [0.1, 0.15) is 57.1 Å². The highest BCUT2D eigenvalue weighted by Gasteiger charge is 2.38. The van der Waals surface area contributed by atoms with Crippen molar-refractivity contribution in [3.8, 4) is 6.07 Å². The highest BCUT2D eigenvalue weighted by Crippen LogP contribution is 2.36. The highest BCUT2D eigenvalue weighted by molar-refractivity contribution is 5.93. The van der Waals surface area contributed by atoms with Gasteiger partial charge >= 0.3 is 0 Å². The number of hydrogen-bond acceptors (Lipinski definition) is 9. The molecule has 3 saturated heterocycles. The molecule has 0 aliphatic carbocycles. The molecule has 10 nitrogen and oxygen atoms in total. The first-order chi connectivity index (χ1) is 19.5. The number of aryl methyl sites for hydroxylation is 1. The molecule has 0 spiro atoms. The molecule has 3 aromatic rings. The third-order valence-electron chi connectivity index (χ3n) is 9.02. The molecular weight excluding hydrogens is 500 g/mol. The van der Waals surface area contributed by atoms with E-state index in [0.717, 1.165) is 59.9 Å². The normalized spacial score (nSPS) is 24.1. The van der Waals surface area contributed by atoms with Gasteiger partial charge in [0.2, 0.25) is 5.95 Å². The zero-order valence-corrected chi connectivity index (χ0v) is 23.8. The number of likely N-dealkylation sites (tertiary alicyclic amines) is 1. The lowest BCUT2D eigenvalue weighted by Crippen LogP contribution is -2.55. The molecule has 3 atom stereocenters. The van der Waals surface area contributed by atoms with Crippen molar-refractivity contribution in [1.82, 2.24) is 30.0 Å². The van der Waals surface area contributed by atoms with Crippen LogP contribution in [0.5, 0.6) is 0 Å². The minimum Gasteiger partial charge on any atom is -0.385 e. The van der Waals surface area contributed by atoms with Crippen molar-refractivity contribution in [2.24, 2.45) is 5.92 Å². The first-order valence-corrected chi connectivity index (χ1v) is 15.0. The van der Waals surface area contributed by atoms with Gasteiger partial charge in [-0.1, -0.05) is 6.42 Å². The Balaban J connectivity index is 1.22. The van der Waals surface area contributed by atoms with Gasteiger partial charge in [0.15, 0.2) is 5.82 Å². The Kier molecular flexibility index (Phi) is 8.03. The molecule has 6 rings (SSSR count). The number of nitrogens with one attached hydrogen (secondary N) is 4. The lowest BCUT2D eigenvalue weighted by molar-refractivity contribution is 0.0369. The number of rotatable bonds is 9. The van der Waals surface area contributed by atoms with E-state index in [0.29, 0.717) is 36.4 Å². The second-order valence-electron chi connectivity index (χ2n) is 12.0. The van der Waals surface area contributed by atoms with Crippen LogP contribution in [0.15, 0.2) is 24.3 Å². The molecule has 40 heavy (non-hydrogen) atoms. The molecular formula is C30H42N10. The summed E-state index contributed by atoms with van der Waals surface area (Å²) in [7, 11) is 2.21. The summed E-state index contributed by atoms with van der Waals surface area (Å²) in [4.78, 5) is 15.0. The highest BCUT2D eigenvalue weighted by atomic mass is 15.2. The van der Waals surface area contributed by atoms with Crippen LogP contribution in [0.2, 0.25) is 0 Å². The Morgan fingerprint density at radius 1 is 1.07 bits per heavy atom. The number of H-pyrrole nitrogens is 1.